The Morgan fingerprint density at radius 1 is 0.810 bits per heavy atom. The molecule has 0 aliphatic carbocycles. The normalized spacial score (nSPS) is 11.1. The minimum Gasteiger partial charge on any atom is -0.390 e. The standard InChI is InChI=1S/C14H7F5NO/c15-10-9(11(16)13(18)14(19)12(10)17)7-21-20-6-8-4-2-1-3-5-8/h1-5H,7H2. The molecule has 0 saturated carbocycles. The molecular weight excluding hydrogens is 293 g/mol. The molecular formula is C14H7F5NO. The van der Waals surface area contributed by atoms with E-state index in [1.807, 2.05) is 0 Å². The molecule has 2 nitrogen and oxygen atoms in total. The van der Waals surface area contributed by atoms with Gasteiger partial charge in [-0.3, -0.25) is 0 Å². The van der Waals surface area contributed by atoms with Crippen LogP contribution in [0.15, 0.2) is 35.5 Å². The van der Waals surface area contributed by atoms with Gasteiger partial charge in [0.2, 0.25) is 5.82 Å². The first-order chi connectivity index (χ1) is 10.0. The summed E-state index contributed by atoms with van der Waals surface area (Å²) in [6.07, 6.45) is 2.39. The molecule has 109 valence electrons. The summed E-state index contributed by atoms with van der Waals surface area (Å²) >= 11 is 0. The van der Waals surface area contributed by atoms with Gasteiger partial charge in [-0.15, -0.1) is 0 Å². The van der Waals surface area contributed by atoms with Crippen molar-refractivity contribution in [3.63, 3.8) is 0 Å². The first kappa shape index (κ1) is 15.0. The number of halogens is 5. The van der Waals surface area contributed by atoms with Gasteiger partial charge < -0.3 is 4.84 Å². The molecule has 0 bridgehead atoms. The van der Waals surface area contributed by atoms with Crippen LogP contribution in [0.5, 0.6) is 0 Å². The van der Waals surface area contributed by atoms with Gasteiger partial charge in [0.1, 0.15) is 12.8 Å². The summed E-state index contributed by atoms with van der Waals surface area (Å²) in [6, 6.07) is 8.40. The SMILES string of the molecule is Fc1c(F)c(F)c(CO/N=[C]\c2ccccc2)c(F)c1F. The van der Waals surface area contributed by atoms with E-state index in [-0.39, 0.29) is 0 Å². The van der Waals surface area contributed by atoms with Gasteiger partial charge in [0.05, 0.1) is 5.56 Å². The molecule has 2 aromatic carbocycles. The van der Waals surface area contributed by atoms with Crippen LogP contribution in [0.2, 0.25) is 0 Å². The monoisotopic (exact) mass is 300 g/mol. The van der Waals surface area contributed by atoms with Crippen molar-refractivity contribution in [1.29, 1.82) is 0 Å². The molecule has 2 aromatic rings. The van der Waals surface area contributed by atoms with Crippen molar-refractivity contribution in [3.8, 4) is 0 Å². The summed E-state index contributed by atoms with van der Waals surface area (Å²) in [4.78, 5) is 4.51. The van der Waals surface area contributed by atoms with Crippen LogP contribution in [0, 0.1) is 29.1 Å². The Hall–Kier alpha value is -2.44. The second kappa shape index (κ2) is 6.34. The van der Waals surface area contributed by atoms with Crippen LogP contribution in [0.3, 0.4) is 0 Å². The van der Waals surface area contributed by atoms with Crippen LogP contribution >= 0.6 is 0 Å². The van der Waals surface area contributed by atoms with Gasteiger partial charge in [0, 0.05) is 5.56 Å². The number of hydrogen-bond donors (Lipinski definition) is 0. The zero-order valence-corrected chi connectivity index (χ0v) is 10.3. The fourth-order valence-electron chi connectivity index (χ4n) is 1.47. The summed E-state index contributed by atoms with van der Waals surface area (Å²) in [7, 11) is 0. The molecule has 0 aliphatic heterocycles. The van der Waals surface area contributed by atoms with Crippen molar-refractivity contribution >= 4 is 6.21 Å². The second-order valence-electron chi connectivity index (χ2n) is 3.89. The third-order valence-corrected chi connectivity index (χ3v) is 2.52. The van der Waals surface area contributed by atoms with Gasteiger partial charge in [0.25, 0.3) is 0 Å². The lowest BCUT2D eigenvalue weighted by molar-refractivity contribution is 0.124. The van der Waals surface area contributed by atoms with Gasteiger partial charge in [-0.2, -0.15) is 0 Å². The van der Waals surface area contributed by atoms with Gasteiger partial charge in [-0.1, -0.05) is 35.5 Å². The van der Waals surface area contributed by atoms with E-state index in [1.54, 1.807) is 30.3 Å². The molecule has 0 heterocycles. The maximum absolute atomic E-state index is 13.3. The van der Waals surface area contributed by atoms with E-state index in [2.05, 4.69) is 16.2 Å². The molecule has 0 saturated heterocycles. The highest BCUT2D eigenvalue weighted by Gasteiger charge is 2.25. The fraction of sp³-hybridized carbons (Fsp3) is 0.0714. The molecule has 0 amide bonds. The number of rotatable bonds is 4. The van der Waals surface area contributed by atoms with Crippen LogP contribution < -0.4 is 0 Å². The quantitative estimate of drug-likeness (QED) is 0.277. The van der Waals surface area contributed by atoms with E-state index >= 15 is 0 Å². The molecule has 2 rings (SSSR count). The summed E-state index contributed by atoms with van der Waals surface area (Å²) < 4.78 is 65.2. The Kier molecular flexibility index (Phi) is 4.52. The number of benzene rings is 2. The summed E-state index contributed by atoms with van der Waals surface area (Å²) in [5.74, 6) is -10.2. The maximum Gasteiger partial charge on any atom is 0.200 e. The van der Waals surface area contributed by atoms with Gasteiger partial charge >= 0.3 is 0 Å². The van der Waals surface area contributed by atoms with E-state index < -0.39 is 41.3 Å². The molecule has 0 N–H and O–H groups in total. The predicted molar refractivity (Wildman–Crippen MR) is 64.0 cm³/mol. The van der Waals surface area contributed by atoms with Gasteiger partial charge in [-0.25, -0.2) is 22.0 Å². The van der Waals surface area contributed by atoms with E-state index in [4.69, 9.17) is 0 Å². The van der Waals surface area contributed by atoms with Crippen LogP contribution in [-0.4, -0.2) is 6.21 Å². The molecule has 0 atom stereocenters. The number of hydrogen-bond acceptors (Lipinski definition) is 2. The summed E-state index contributed by atoms with van der Waals surface area (Å²) in [5, 5.41) is 3.28. The van der Waals surface area contributed by atoms with Crippen LogP contribution in [-0.2, 0) is 11.4 Å². The zero-order valence-electron chi connectivity index (χ0n) is 10.3. The van der Waals surface area contributed by atoms with Gasteiger partial charge in [0.15, 0.2) is 23.3 Å². The maximum atomic E-state index is 13.3. The minimum atomic E-state index is -2.21. The molecule has 0 spiro atoms. The predicted octanol–water partition coefficient (Wildman–Crippen LogP) is 3.81. The van der Waals surface area contributed by atoms with E-state index in [0.29, 0.717) is 5.56 Å². The van der Waals surface area contributed by atoms with Crippen molar-refractivity contribution in [2.45, 2.75) is 6.61 Å². The Balaban J connectivity index is 2.13. The van der Waals surface area contributed by atoms with Crippen molar-refractivity contribution in [2.24, 2.45) is 5.16 Å². The average molecular weight is 300 g/mol. The minimum absolute atomic E-state index is 0.523. The van der Waals surface area contributed by atoms with E-state index in [0.717, 1.165) is 0 Å². The Labute approximate surface area is 116 Å². The molecule has 0 aliphatic rings. The lowest BCUT2D eigenvalue weighted by Crippen LogP contribution is -2.07. The first-order valence-corrected chi connectivity index (χ1v) is 5.65. The Morgan fingerprint density at radius 2 is 1.33 bits per heavy atom. The fourth-order valence-corrected chi connectivity index (χ4v) is 1.47. The lowest BCUT2D eigenvalue weighted by atomic mass is 10.2. The lowest BCUT2D eigenvalue weighted by Gasteiger charge is -2.06. The van der Waals surface area contributed by atoms with Crippen molar-refractivity contribution in [1.82, 2.24) is 0 Å². The zero-order chi connectivity index (χ0) is 15.4. The molecule has 0 aromatic heterocycles. The third kappa shape index (κ3) is 3.18. The molecule has 7 heteroatoms. The van der Waals surface area contributed by atoms with Crippen molar-refractivity contribution < 1.29 is 26.8 Å². The summed E-state index contributed by atoms with van der Waals surface area (Å²) in [6.45, 7) is -0.911. The molecule has 0 unspecified atom stereocenters. The second-order valence-corrected chi connectivity index (χ2v) is 3.89. The topological polar surface area (TPSA) is 21.6 Å². The van der Waals surface area contributed by atoms with Crippen molar-refractivity contribution in [3.05, 3.63) is 70.5 Å². The highest BCUT2D eigenvalue weighted by atomic mass is 19.2. The molecule has 1 radical (unpaired) electrons. The molecule has 0 fully saturated rings. The largest absolute Gasteiger partial charge is 0.390 e. The number of nitrogens with zero attached hydrogens (tertiary/aromatic N) is 1. The van der Waals surface area contributed by atoms with Crippen LogP contribution in [0.4, 0.5) is 22.0 Å². The van der Waals surface area contributed by atoms with Gasteiger partial charge in [-0.05, 0) is 0 Å². The van der Waals surface area contributed by atoms with E-state index in [9.17, 15) is 22.0 Å². The highest BCUT2D eigenvalue weighted by Crippen LogP contribution is 2.23. The molecule has 21 heavy (non-hydrogen) atoms. The third-order valence-electron chi connectivity index (χ3n) is 2.52. The Bertz CT molecular complexity index is 644. The highest BCUT2D eigenvalue weighted by molar-refractivity contribution is 5.78. The Morgan fingerprint density at radius 3 is 1.90 bits per heavy atom. The summed E-state index contributed by atoms with van der Waals surface area (Å²) in [5.41, 5.74) is -0.570. The van der Waals surface area contributed by atoms with Crippen LogP contribution in [0.1, 0.15) is 11.1 Å². The average Bonchev–Trinajstić information content (AvgIpc) is 2.51. The van der Waals surface area contributed by atoms with Crippen LogP contribution in [0.25, 0.3) is 0 Å². The van der Waals surface area contributed by atoms with E-state index in [1.165, 1.54) is 0 Å². The first-order valence-electron chi connectivity index (χ1n) is 5.65. The van der Waals surface area contributed by atoms with Crippen molar-refractivity contribution in [2.75, 3.05) is 0 Å². The smallest absolute Gasteiger partial charge is 0.200 e.